The van der Waals surface area contributed by atoms with Gasteiger partial charge in [-0.15, -0.1) is 0 Å². The minimum Gasteiger partial charge on any atom is -0.391 e. The summed E-state index contributed by atoms with van der Waals surface area (Å²) >= 11 is 0. The summed E-state index contributed by atoms with van der Waals surface area (Å²) < 4.78 is 49.0. The smallest absolute Gasteiger partial charge is 0.351 e. The van der Waals surface area contributed by atoms with Crippen molar-refractivity contribution in [1.29, 1.82) is 0 Å². The summed E-state index contributed by atoms with van der Waals surface area (Å²) in [4.78, 5) is 60.2. The standard InChI is InChI=1S/C14H19BN4O6.C8H11N3O4.C6H10BNO3/c1-8(2)12(17-7-15-22)13(20)24-6-11-23-5-10(25-11)19-4-3-9(16)18-14(19)21;9-5-1-2-11(8(13)10-5)6-4-14-7(3-12)15-6;1-4(2)5(6(9)10)8-3-7-11/h3-4,7-8,10-12H,5-6H2,1-2H3,(H2,16,18,21);1-2,6-7,12H,3-4H2,(H2,9,10,13);3-5H,1-2H3,(H,9,10)/t10-,11-,12?;6-,7-;/m00./s1. The van der Waals surface area contributed by atoms with Gasteiger partial charge in [-0.3, -0.25) is 4.57 Å². The van der Waals surface area contributed by atoms with Crippen molar-refractivity contribution >= 4 is 50.1 Å². The van der Waals surface area contributed by atoms with E-state index in [2.05, 4.69) is 20.0 Å². The Morgan fingerprint density at radius 2 is 1.35 bits per heavy atom. The molecule has 4 heterocycles. The van der Waals surface area contributed by atoms with Crippen molar-refractivity contribution in [3.8, 4) is 0 Å². The molecule has 21 nitrogen and oxygen atoms in total. The molecule has 2 saturated heterocycles. The molecule has 2 fully saturated rings. The van der Waals surface area contributed by atoms with Crippen molar-refractivity contribution in [3.05, 3.63) is 45.5 Å². The Morgan fingerprint density at radius 1 is 0.902 bits per heavy atom. The number of ether oxygens (including phenoxy) is 5. The van der Waals surface area contributed by atoms with E-state index in [1.54, 1.807) is 27.7 Å². The average Bonchev–Trinajstić information content (AvgIpc) is 3.74. The molecule has 2 unspecified atom stereocenters. The number of aliphatic imine (C=N–C) groups is 2. The number of aliphatic hydroxyl groups is 1. The number of carboxylic acid groups (broad SMARTS) is 1. The first-order valence-corrected chi connectivity index (χ1v) is 15.4. The number of carbonyl (C=O) groups is 2. The Kier molecular flexibility index (Phi) is 17.8. The monoisotopic (exact) mass is 718 g/mol. The van der Waals surface area contributed by atoms with E-state index in [0.717, 1.165) is 12.2 Å². The molecule has 0 saturated carbocycles. The van der Waals surface area contributed by atoms with Gasteiger partial charge in [0.05, 0.1) is 13.2 Å². The minimum absolute atomic E-state index is 0.0938. The normalized spacial score (nSPS) is 20.9. The van der Waals surface area contributed by atoms with E-state index in [-0.39, 0.29) is 49.9 Å². The third-order valence-corrected chi connectivity index (χ3v) is 6.67. The third-order valence-electron chi connectivity index (χ3n) is 6.67. The maximum Gasteiger partial charge on any atom is 0.351 e. The van der Waals surface area contributed by atoms with Gasteiger partial charge in [0.2, 0.25) is 0 Å². The molecular weight excluding hydrogens is 678 g/mol. The Hall–Kier alpha value is -4.83. The van der Waals surface area contributed by atoms with Crippen molar-refractivity contribution in [3.63, 3.8) is 0 Å². The van der Waals surface area contributed by atoms with Gasteiger partial charge in [0, 0.05) is 6.20 Å². The molecule has 0 radical (unpaired) electrons. The van der Waals surface area contributed by atoms with Gasteiger partial charge >= 0.3 is 202 Å². The van der Waals surface area contributed by atoms with Crippen LogP contribution in [0.25, 0.3) is 0 Å². The Morgan fingerprint density at radius 3 is 1.75 bits per heavy atom. The summed E-state index contributed by atoms with van der Waals surface area (Å²) in [5.41, 5.74) is 9.72. The number of aliphatic hydroxyl groups excluding tert-OH is 1. The first kappa shape index (κ1) is 42.3. The maximum atomic E-state index is 12.0. The van der Waals surface area contributed by atoms with Crippen LogP contribution >= 0.6 is 0 Å². The second-order valence-electron chi connectivity index (χ2n) is 11.2. The first-order valence-electron chi connectivity index (χ1n) is 15.4. The number of carboxylic acids is 1. The van der Waals surface area contributed by atoms with E-state index in [4.69, 9.17) is 45.4 Å². The van der Waals surface area contributed by atoms with Gasteiger partial charge in [-0.2, -0.15) is 4.98 Å². The molecule has 51 heavy (non-hydrogen) atoms. The van der Waals surface area contributed by atoms with Crippen LogP contribution in [-0.2, 0) is 42.7 Å². The molecule has 276 valence electrons. The van der Waals surface area contributed by atoms with Gasteiger partial charge in [0.15, 0.2) is 12.5 Å². The molecule has 2 aromatic heterocycles. The number of nitrogen functional groups attached to an aromatic ring is 2. The quantitative estimate of drug-likeness (QED) is 0.101. The predicted molar refractivity (Wildman–Crippen MR) is 178 cm³/mol. The van der Waals surface area contributed by atoms with Crippen LogP contribution in [0.3, 0.4) is 0 Å². The number of carbonyl (C=O) groups excluding carboxylic acids is 1. The van der Waals surface area contributed by atoms with Crippen molar-refractivity contribution in [2.75, 3.05) is 37.9 Å². The number of hydrogen-bond acceptors (Lipinski definition) is 18. The number of hydrogen-bond donors (Lipinski definition) is 4. The third kappa shape index (κ3) is 13.8. The summed E-state index contributed by atoms with van der Waals surface area (Å²) in [5, 5.41) is 17.3. The number of aliphatic carboxylic acids is 1. The number of nitrogens with two attached hydrogens (primary N) is 2. The van der Waals surface area contributed by atoms with Crippen molar-refractivity contribution < 1.29 is 52.9 Å². The zero-order chi connectivity index (χ0) is 38.1. The van der Waals surface area contributed by atoms with E-state index in [1.807, 2.05) is 0 Å². The van der Waals surface area contributed by atoms with Crippen LogP contribution < -0.4 is 22.8 Å². The molecule has 0 bridgehead atoms. The SMILES string of the molecule is CC(C)C(N=CB=O)C(=O)O.CC(C)C(N=CB=O)C(=O)OC[C@H]1OC[C@@H](n2ccc(N)nc2=O)O1.Nc1ccn([C@@H]2CO[C@H](CO)O2)c(=O)n1. The summed E-state index contributed by atoms with van der Waals surface area (Å²) in [6, 6.07) is 1.37. The van der Waals surface area contributed by atoms with Crippen LogP contribution in [-0.4, -0.2) is 119 Å². The predicted octanol–water partition coefficient (Wildman–Crippen LogP) is -1.79. The summed E-state index contributed by atoms with van der Waals surface area (Å²) in [7, 11) is 0.965. The van der Waals surface area contributed by atoms with Crippen molar-refractivity contribution in [1.82, 2.24) is 19.1 Å². The summed E-state index contributed by atoms with van der Waals surface area (Å²) in [6.07, 6.45) is 2.19. The van der Waals surface area contributed by atoms with Crippen LogP contribution in [0, 0.1) is 11.8 Å². The fourth-order valence-corrected chi connectivity index (χ4v) is 4.17. The molecule has 2 aliphatic heterocycles. The van der Waals surface area contributed by atoms with Crippen LogP contribution in [0.1, 0.15) is 40.2 Å². The number of esters is 1. The molecule has 0 aliphatic carbocycles. The van der Waals surface area contributed by atoms with E-state index >= 15 is 0 Å². The molecule has 6 N–H and O–H groups in total. The summed E-state index contributed by atoms with van der Waals surface area (Å²) in [6.45, 7) is 6.95. The van der Waals surface area contributed by atoms with Gasteiger partial charge in [-0.05, 0) is 6.07 Å². The largest absolute Gasteiger partial charge is 0.391 e. The molecule has 0 amide bonds. The molecule has 2 aromatic rings. The van der Waals surface area contributed by atoms with E-state index in [1.165, 1.54) is 33.7 Å². The molecule has 0 aromatic carbocycles. The van der Waals surface area contributed by atoms with Crippen LogP contribution in [0.15, 0.2) is 44.1 Å². The molecule has 2 aliphatic rings. The minimum atomic E-state index is -1.00. The van der Waals surface area contributed by atoms with E-state index in [0.29, 0.717) is 14.3 Å². The maximum absolute atomic E-state index is 12.0. The van der Waals surface area contributed by atoms with Crippen LogP contribution in [0.2, 0.25) is 0 Å². The van der Waals surface area contributed by atoms with Crippen LogP contribution in [0.4, 0.5) is 11.6 Å². The fourth-order valence-electron chi connectivity index (χ4n) is 4.17. The topological polar surface area (TPSA) is 301 Å². The van der Waals surface area contributed by atoms with Crippen molar-refractivity contribution in [2.45, 2.75) is 64.8 Å². The van der Waals surface area contributed by atoms with Gasteiger partial charge < -0.3 is 26.0 Å². The number of nitrogens with zero attached hydrogens (tertiary/aromatic N) is 6. The van der Waals surface area contributed by atoms with Gasteiger partial charge in [-0.25, -0.2) is 4.79 Å². The fraction of sp³-hybridized carbons (Fsp3) is 0.571. The second-order valence-corrected chi connectivity index (χ2v) is 11.2. The second kappa shape index (κ2) is 21.4. The molecular formula is C28H40B2N8O13. The number of rotatable bonds is 13. The number of anilines is 2. The van der Waals surface area contributed by atoms with E-state index < -0.39 is 60.4 Å². The van der Waals surface area contributed by atoms with Crippen LogP contribution in [0.5, 0.6) is 0 Å². The Balaban J connectivity index is 0.000000294. The van der Waals surface area contributed by atoms with Gasteiger partial charge in [0.1, 0.15) is 11.6 Å². The Labute approximate surface area is 292 Å². The molecule has 23 heteroatoms. The molecule has 6 atom stereocenters. The van der Waals surface area contributed by atoms with Gasteiger partial charge in [-0.1, -0.05) is 0 Å². The molecule has 4 rings (SSSR count). The average molecular weight is 718 g/mol. The molecule has 0 spiro atoms. The Bertz CT molecular complexity index is 1640. The zero-order valence-electron chi connectivity index (χ0n) is 28.3. The van der Waals surface area contributed by atoms with Gasteiger partial charge in [0.25, 0.3) is 0 Å². The van der Waals surface area contributed by atoms with Crippen molar-refractivity contribution in [2.24, 2.45) is 21.8 Å². The van der Waals surface area contributed by atoms with E-state index in [9.17, 15) is 28.6 Å². The summed E-state index contributed by atoms with van der Waals surface area (Å²) in [5.74, 6) is -1.55. The first-order chi connectivity index (χ1) is 24.2. The zero-order valence-corrected chi connectivity index (χ0v) is 28.3. The number of aromatic nitrogens is 4.